The number of H-pyrrole nitrogens is 1. The van der Waals surface area contributed by atoms with Crippen LogP contribution in [0.4, 0.5) is 21.8 Å². The van der Waals surface area contributed by atoms with E-state index in [0.717, 1.165) is 54.2 Å². The van der Waals surface area contributed by atoms with Gasteiger partial charge in [-0.25, -0.2) is 15.0 Å². The first kappa shape index (κ1) is 19.6. The molecule has 1 saturated heterocycles. The number of aromatic amines is 1. The molecule has 0 atom stereocenters. The lowest BCUT2D eigenvalue weighted by Crippen LogP contribution is -2.44. The van der Waals surface area contributed by atoms with Crippen LogP contribution in [0, 0.1) is 5.95 Å². The Bertz CT molecular complexity index is 1450. The van der Waals surface area contributed by atoms with Crippen molar-refractivity contribution in [3.05, 3.63) is 61.2 Å². The van der Waals surface area contributed by atoms with Crippen LogP contribution in [0.2, 0.25) is 0 Å². The van der Waals surface area contributed by atoms with Crippen molar-refractivity contribution in [1.82, 2.24) is 34.2 Å². The Morgan fingerprint density at radius 3 is 2.79 bits per heavy atom. The number of nitrogens with one attached hydrogen (secondary N) is 2. The van der Waals surface area contributed by atoms with Crippen molar-refractivity contribution in [2.24, 2.45) is 0 Å². The summed E-state index contributed by atoms with van der Waals surface area (Å²) in [6.45, 7) is 3.95. The summed E-state index contributed by atoms with van der Waals surface area (Å²) in [5.74, 6) is 1.03. The molecule has 10 heteroatoms. The molecule has 6 rings (SSSR count). The molecule has 1 fully saturated rings. The first-order valence-corrected chi connectivity index (χ1v) is 10.8. The average molecular weight is 443 g/mol. The third-order valence-electron chi connectivity index (χ3n) is 6.03. The van der Waals surface area contributed by atoms with Crippen LogP contribution in [0.15, 0.2) is 55.2 Å². The molecule has 166 valence electrons. The second-order valence-corrected chi connectivity index (χ2v) is 8.20. The zero-order valence-corrected chi connectivity index (χ0v) is 18.0. The minimum Gasteiger partial charge on any atom is -0.354 e. The van der Waals surface area contributed by atoms with Crippen LogP contribution >= 0.6 is 0 Å². The molecule has 0 aromatic carbocycles. The lowest BCUT2D eigenvalue weighted by molar-refractivity contribution is 0.312. The van der Waals surface area contributed by atoms with Crippen molar-refractivity contribution >= 4 is 34.1 Å². The minimum atomic E-state index is -0.400. The van der Waals surface area contributed by atoms with Crippen molar-refractivity contribution in [1.29, 1.82) is 0 Å². The number of nitrogens with zero attached hydrogens (tertiary/aromatic N) is 7. The standard InChI is InChI=1S/C23H22FN9/c1-31-6-8-32(9-7-31)21-10-16(4-5-25-21)29-23-28-12-18-17(11-27-22(18)30-23)15-2-3-20-26-13-19(24)33(20)14-15/h2-5,10-14H,6-9H2,1H3,(H2,25,27,28,29,30). The van der Waals surface area contributed by atoms with E-state index in [9.17, 15) is 4.39 Å². The molecule has 5 aromatic heterocycles. The molecule has 0 spiro atoms. The molecule has 5 aromatic rings. The van der Waals surface area contributed by atoms with Crippen molar-refractivity contribution in [3.63, 3.8) is 0 Å². The van der Waals surface area contributed by atoms with Crippen LogP contribution in [0.5, 0.6) is 0 Å². The van der Waals surface area contributed by atoms with Gasteiger partial charge in [-0.2, -0.15) is 9.37 Å². The van der Waals surface area contributed by atoms with Gasteiger partial charge in [-0.1, -0.05) is 0 Å². The van der Waals surface area contributed by atoms with Crippen LogP contribution < -0.4 is 10.2 Å². The zero-order chi connectivity index (χ0) is 22.4. The highest BCUT2D eigenvalue weighted by Crippen LogP contribution is 2.29. The second-order valence-electron chi connectivity index (χ2n) is 8.20. The number of halogens is 1. The molecule has 0 radical (unpaired) electrons. The van der Waals surface area contributed by atoms with E-state index in [-0.39, 0.29) is 0 Å². The minimum absolute atomic E-state index is 0.400. The first-order valence-electron chi connectivity index (χ1n) is 10.8. The zero-order valence-electron chi connectivity index (χ0n) is 18.0. The smallest absolute Gasteiger partial charge is 0.229 e. The summed E-state index contributed by atoms with van der Waals surface area (Å²) < 4.78 is 15.4. The number of rotatable bonds is 4. The molecule has 0 aliphatic carbocycles. The van der Waals surface area contributed by atoms with Gasteiger partial charge in [0.05, 0.1) is 6.20 Å². The summed E-state index contributed by atoms with van der Waals surface area (Å²) >= 11 is 0. The molecular formula is C23H22FN9. The fraction of sp³-hybridized carbons (Fsp3) is 0.217. The predicted octanol–water partition coefficient (Wildman–Crippen LogP) is 3.30. The van der Waals surface area contributed by atoms with Crippen molar-refractivity contribution in [2.45, 2.75) is 0 Å². The number of pyridine rings is 2. The maximum atomic E-state index is 14.0. The van der Waals surface area contributed by atoms with Crippen molar-refractivity contribution in [3.8, 4) is 11.1 Å². The SMILES string of the molecule is CN1CCN(c2cc(Nc3ncc4c(-c5ccc6ncc(F)n6c5)c[nH]c4n3)ccn2)CC1. The van der Waals surface area contributed by atoms with Gasteiger partial charge in [0.1, 0.15) is 17.1 Å². The quantitative estimate of drug-likeness (QED) is 0.440. The molecular weight excluding hydrogens is 421 g/mol. The van der Waals surface area contributed by atoms with Gasteiger partial charge in [-0.05, 0) is 25.2 Å². The van der Waals surface area contributed by atoms with Gasteiger partial charge in [0.25, 0.3) is 0 Å². The highest BCUT2D eigenvalue weighted by Gasteiger charge is 2.16. The maximum Gasteiger partial charge on any atom is 0.229 e. The molecule has 2 N–H and O–H groups in total. The summed E-state index contributed by atoms with van der Waals surface area (Å²) in [6.07, 6.45) is 8.37. The average Bonchev–Trinajstić information content (AvgIpc) is 3.43. The number of hydrogen-bond acceptors (Lipinski definition) is 7. The molecule has 0 bridgehead atoms. The van der Waals surface area contributed by atoms with Crippen LogP contribution in [-0.4, -0.2) is 67.4 Å². The van der Waals surface area contributed by atoms with E-state index in [1.165, 1.54) is 10.6 Å². The predicted molar refractivity (Wildman–Crippen MR) is 125 cm³/mol. The highest BCUT2D eigenvalue weighted by atomic mass is 19.1. The summed E-state index contributed by atoms with van der Waals surface area (Å²) in [5, 5.41) is 4.14. The van der Waals surface area contributed by atoms with E-state index in [0.29, 0.717) is 17.2 Å². The number of piperazine rings is 1. The molecule has 0 amide bonds. The van der Waals surface area contributed by atoms with E-state index < -0.39 is 5.95 Å². The van der Waals surface area contributed by atoms with E-state index in [4.69, 9.17) is 0 Å². The maximum absolute atomic E-state index is 14.0. The van der Waals surface area contributed by atoms with Gasteiger partial charge >= 0.3 is 0 Å². The molecule has 33 heavy (non-hydrogen) atoms. The molecule has 0 unspecified atom stereocenters. The Morgan fingerprint density at radius 2 is 1.91 bits per heavy atom. The number of imidazole rings is 1. The van der Waals surface area contributed by atoms with E-state index in [1.807, 2.05) is 24.4 Å². The fourth-order valence-electron chi connectivity index (χ4n) is 4.15. The van der Waals surface area contributed by atoms with Gasteiger partial charge in [-0.3, -0.25) is 4.40 Å². The number of anilines is 3. The Balaban J connectivity index is 1.26. The molecule has 6 heterocycles. The van der Waals surface area contributed by atoms with E-state index in [1.54, 1.807) is 24.7 Å². The number of fused-ring (bicyclic) bond motifs is 2. The van der Waals surface area contributed by atoms with Crippen molar-refractivity contribution < 1.29 is 4.39 Å². The van der Waals surface area contributed by atoms with Gasteiger partial charge in [0.15, 0.2) is 0 Å². The third kappa shape index (κ3) is 3.64. The number of aromatic nitrogens is 6. The van der Waals surface area contributed by atoms with E-state index in [2.05, 4.69) is 47.1 Å². The van der Waals surface area contributed by atoms with E-state index >= 15 is 0 Å². The Kier molecular flexibility index (Phi) is 4.65. The molecule has 9 nitrogen and oxygen atoms in total. The lowest BCUT2D eigenvalue weighted by Gasteiger charge is -2.33. The van der Waals surface area contributed by atoms with Gasteiger partial charge in [0, 0.05) is 79.2 Å². The van der Waals surface area contributed by atoms with Crippen LogP contribution in [0.1, 0.15) is 0 Å². The van der Waals surface area contributed by atoms with Crippen molar-refractivity contribution in [2.75, 3.05) is 43.4 Å². The highest BCUT2D eigenvalue weighted by molar-refractivity contribution is 5.93. The van der Waals surface area contributed by atoms with Crippen LogP contribution in [0.3, 0.4) is 0 Å². The Labute approximate surface area is 188 Å². The third-order valence-corrected chi connectivity index (χ3v) is 6.03. The van der Waals surface area contributed by atoms with Gasteiger partial charge in [-0.15, -0.1) is 0 Å². The molecule has 1 aliphatic heterocycles. The first-order chi connectivity index (χ1) is 16.1. The second kappa shape index (κ2) is 7.82. The fourth-order valence-corrected chi connectivity index (χ4v) is 4.15. The normalized spacial score (nSPS) is 14.9. The Hall–Kier alpha value is -4.05. The molecule has 1 aliphatic rings. The summed E-state index contributed by atoms with van der Waals surface area (Å²) in [7, 11) is 2.14. The monoisotopic (exact) mass is 443 g/mol. The largest absolute Gasteiger partial charge is 0.354 e. The summed E-state index contributed by atoms with van der Waals surface area (Å²) in [4.78, 5) is 25.5. The van der Waals surface area contributed by atoms with Crippen LogP contribution in [-0.2, 0) is 0 Å². The summed E-state index contributed by atoms with van der Waals surface area (Å²) in [6, 6.07) is 7.62. The van der Waals surface area contributed by atoms with Gasteiger partial charge < -0.3 is 20.1 Å². The number of likely N-dealkylation sites (N-methyl/N-ethyl adjacent to an activating group) is 1. The topological polar surface area (TPSA) is 90.3 Å². The van der Waals surface area contributed by atoms with Crippen LogP contribution in [0.25, 0.3) is 27.8 Å². The summed E-state index contributed by atoms with van der Waals surface area (Å²) in [5.41, 5.74) is 3.88. The molecule has 0 saturated carbocycles. The number of hydrogen-bond donors (Lipinski definition) is 2. The Morgan fingerprint density at radius 1 is 1.03 bits per heavy atom. The lowest BCUT2D eigenvalue weighted by atomic mass is 10.1. The van der Waals surface area contributed by atoms with Gasteiger partial charge in [0.2, 0.25) is 11.9 Å².